The largest absolute Gasteiger partial charge is 0.416 e. The normalized spacial score (nSPS) is 17.6. The zero-order chi connectivity index (χ0) is 23.4. The van der Waals surface area contributed by atoms with E-state index in [4.69, 9.17) is 0 Å². The Morgan fingerprint density at radius 2 is 1.82 bits per heavy atom. The first-order valence-corrected chi connectivity index (χ1v) is 12.9. The standard InChI is InChI=1S/C25H30F3N3OS/c1-33-16-12-18-9-13-29-17-23(18)31(21-7-5-20(6-8-21)25(26,27)28)22-10-14-30(15-11-22)24(32)19-3-2-4-19/h5-9,13,17,19,22H,2-4,10-12,14-16H2,1H3. The van der Waals surface area contributed by atoms with Gasteiger partial charge in [-0.1, -0.05) is 6.42 Å². The summed E-state index contributed by atoms with van der Waals surface area (Å²) in [7, 11) is 0. The van der Waals surface area contributed by atoms with Gasteiger partial charge in [-0.3, -0.25) is 9.78 Å². The Hall–Kier alpha value is -2.22. The van der Waals surface area contributed by atoms with Crippen molar-refractivity contribution in [1.82, 2.24) is 9.88 Å². The summed E-state index contributed by atoms with van der Waals surface area (Å²) in [6.45, 7) is 1.36. The van der Waals surface area contributed by atoms with Crippen LogP contribution in [-0.4, -0.2) is 46.9 Å². The highest BCUT2D eigenvalue weighted by molar-refractivity contribution is 7.98. The van der Waals surface area contributed by atoms with E-state index in [1.165, 1.54) is 0 Å². The van der Waals surface area contributed by atoms with E-state index in [1.54, 1.807) is 30.1 Å². The number of benzene rings is 1. The smallest absolute Gasteiger partial charge is 0.342 e. The molecular weight excluding hydrogens is 447 g/mol. The number of carbonyl (C=O) groups is 1. The lowest BCUT2D eigenvalue weighted by Gasteiger charge is -2.42. The van der Waals surface area contributed by atoms with Gasteiger partial charge in [-0.05, 0) is 80.0 Å². The molecule has 33 heavy (non-hydrogen) atoms. The maximum Gasteiger partial charge on any atom is 0.416 e. The van der Waals surface area contributed by atoms with Gasteiger partial charge in [0.05, 0.1) is 17.4 Å². The molecule has 4 rings (SSSR count). The Kier molecular flexibility index (Phi) is 7.51. The molecule has 0 spiro atoms. The number of alkyl halides is 3. The van der Waals surface area contributed by atoms with Crippen LogP contribution in [0.3, 0.4) is 0 Å². The van der Waals surface area contributed by atoms with Crippen LogP contribution >= 0.6 is 11.8 Å². The molecule has 2 aromatic rings. The molecule has 2 fully saturated rings. The van der Waals surface area contributed by atoms with Gasteiger partial charge in [-0.15, -0.1) is 0 Å². The van der Waals surface area contributed by atoms with Crippen molar-refractivity contribution in [2.45, 2.75) is 50.7 Å². The summed E-state index contributed by atoms with van der Waals surface area (Å²) in [5, 5.41) is 0. The molecule has 1 saturated carbocycles. The highest BCUT2D eigenvalue weighted by Crippen LogP contribution is 2.37. The molecule has 8 heteroatoms. The maximum atomic E-state index is 13.2. The number of rotatable bonds is 7. The number of amides is 1. The Labute approximate surface area is 197 Å². The van der Waals surface area contributed by atoms with Crippen molar-refractivity contribution in [1.29, 1.82) is 0 Å². The summed E-state index contributed by atoms with van der Waals surface area (Å²) < 4.78 is 39.5. The number of likely N-dealkylation sites (tertiary alicyclic amines) is 1. The first-order valence-electron chi connectivity index (χ1n) is 11.6. The third kappa shape index (κ3) is 5.48. The van der Waals surface area contributed by atoms with Crippen LogP contribution in [0.15, 0.2) is 42.7 Å². The molecule has 0 atom stereocenters. The van der Waals surface area contributed by atoms with Crippen LogP contribution in [-0.2, 0) is 17.4 Å². The number of thioether (sulfide) groups is 1. The number of pyridine rings is 1. The average Bonchev–Trinajstić information content (AvgIpc) is 2.78. The van der Waals surface area contributed by atoms with Crippen molar-refractivity contribution in [3.63, 3.8) is 0 Å². The van der Waals surface area contributed by atoms with Crippen LogP contribution in [0, 0.1) is 5.92 Å². The van der Waals surface area contributed by atoms with Crippen molar-refractivity contribution in [3.8, 4) is 0 Å². The van der Waals surface area contributed by atoms with Crippen molar-refractivity contribution >= 4 is 29.0 Å². The van der Waals surface area contributed by atoms with Gasteiger partial charge in [0.1, 0.15) is 0 Å². The number of piperidine rings is 1. The van der Waals surface area contributed by atoms with Crippen LogP contribution < -0.4 is 4.90 Å². The number of anilines is 2. The van der Waals surface area contributed by atoms with Gasteiger partial charge >= 0.3 is 6.18 Å². The van der Waals surface area contributed by atoms with E-state index in [0.29, 0.717) is 13.1 Å². The van der Waals surface area contributed by atoms with Gasteiger partial charge in [-0.25, -0.2) is 0 Å². The minimum absolute atomic E-state index is 0.0874. The van der Waals surface area contributed by atoms with Crippen LogP contribution in [0.2, 0.25) is 0 Å². The summed E-state index contributed by atoms with van der Waals surface area (Å²) in [5.74, 6) is 1.40. The van der Waals surface area contributed by atoms with E-state index < -0.39 is 11.7 Å². The average molecular weight is 478 g/mol. The first kappa shape index (κ1) is 23.9. The third-order valence-electron chi connectivity index (χ3n) is 6.79. The lowest BCUT2D eigenvalue weighted by atomic mass is 9.84. The third-order valence-corrected chi connectivity index (χ3v) is 7.40. The number of aromatic nitrogens is 1. The molecule has 0 radical (unpaired) electrons. The molecule has 1 aliphatic heterocycles. The lowest BCUT2D eigenvalue weighted by molar-refractivity contribution is -0.139. The second-order valence-electron chi connectivity index (χ2n) is 8.85. The number of carbonyl (C=O) groups excluding carboxylic acids is 1. The predicted molar refractivity (Wildman–Crippen MR) is 127 cm³/mol. The number of hydrogen-bond acceptors (Lipinski definition) is 4. The molecule has 1 aromatic carbocycles. The van der Waals surface area contributed by atoms with Gasteiger partial charge in [0.25, 0.3) is 0 Å². The van der Waals surface area contributed by atoms with Crippen LogP contribution in [0.4, 0.5) is 24.5 Å². The highest BCUT2D eigenvalue weighted by atomic mass is 32.2. The maximum absolute atomic E-state index is 13.2. The molecule has 1 aromatic heterocycles. The Morgan fingerprint density at radius 1 is 1.12 bits per heavy atom. The molecular formula is C25H30F3N3OS. The monoisotopic (exact) mass is 477 g/mol. The van der Waals surface area contributed by atoms with Crippen molar-refractivity contribution in [2.24, 2.45) is 5.92 Å². The molecule has 1 amide bonds. The van der Waals surface area contributed by atoms with Crippen LogP contribution in [0.1, 0.15) is 43.2 Å². The second-order valence-corrected chi connectivity index (χ2v) is 9.83. The van der Waals surface area contributed by atoms with Gasteiger partial charge in [-0.2, -0.15) is 24.9 Å². The van der Waals surface area contributed by atoms with Crippen LogP contribution in [0.5, 0.6) is 0 Å². The van der Waals surface area contributed by atoms with E-state index in [1.807, 2.05) is 17.2 Å². The van der Waals surface area contributed by atoms with E-state index in [9.17, 15) is 18.0 Å². The zero-order valence-electron chi connectivity index (χ0n) is 18.9. The fourth-order valence-electron chi connectivity index (χ4n) is 4.67. The molecule has 0 unspecified atom stereocenters. The molecule has 1 saturated heterocycles. The highest BCUT2D eigenvalue weighted by Gasteiger charge is 2.35. The Morgan fingerprint density at radius 3 is 2.39 bits per heavy atom. The Bertz CT molecular complexity index is 939. The molecule has 2 aliphatic rings. The molecule has 2 heterocycles. The molecule has 0 N–H and O–H groups in total. The second kappa shape index (κ2) is 10.4. The van der Waals surface area contributed by atoms with E-state index in [-0.39, 0.29) is 17.9 Å². The summed E-state index contributed by atoms with van der Waals surface area (Å²) in [4.78, 5) is 21.2. The quantitative estimate of drug-likeness (QED) is 0.495. The molecule has 0 bridgehead atoms. The number of halogens is 3. The molecule has 1 aliphatic carbocycles. The summed E-state index contributed by atoms with van der Waals surface area (Å²) in [5.41, 5.74) is 2.15. The first-order chi connectivity index (χ1) is 15.9. The fraction of sp³-hybridized carbons (Fsp3) is 0.520. The summed E-state index contributed by atoms with van der Waals surface area (Å²) in [6.07, 6.45) is 6.80. The Balaban J connectivity index is 1.61. The van der Waals surface area contributed by atoms with E-state index in [0.717, 1.165) is 73.3 Å². The minimum Gasteiger partial charge on any atom is -0.342 e. The van der Waals surface area contributed by atoms with Gasteiger partial charge in [0.2, 0.25) is 5.91 Å². The summed E-state index contributed by atoms with van der Waals surface area (Å²) in [6, 6.07) is 7.49. The van der Waals surface area contributed by atoms with Gasteiger partial charge < -0.3 is 9.80 Å². The van der Waals surface area contributed by atoms with Gasteiger partial charge in [0, 0.05) is 36.9 Å². The van der Waals surface area contributed by atoms with Crippen molar-refractivity contribution in [3.05, 3.63) is 53.9 Å². The summed E-state index contributed by atoms with van der Waals surface area (Å²) >= 11 is 1.76. The predicted octanol–water partition coefficient (Wildman–Crippen LogP) is 5.94. The van der Waals surface area contributed by atoms with Crippen LogP contribution in [0.25, 0.3) is 0 Å². The minimum atomic E-state index is -4.37. The number of aryl methyl sites for hydroxylation is 1. The van der Waals surface area contributed by atoms with Gasteiger partial charge in [0.15, 0.2) is 0 Å². The fourth-order valence-corrected chi connectivity index (χ4v) is 5.09. The molecule has 4 nitrogen and oxygen atoms in total. The SMILES string of the molecule is CSCCc1ccncc1N(c1ccc(C(F)(F)F)cc1)C1CCN(C(=O)C2CCC2)CC1. The van der Waals surface area contributed by atoms with E-state index >= 15 is 0 Å². The van der Waals surface area contributed by atoms with Crippen molar-refractivity contribution in [2.75, 3.05) is 30.0 Å². The lowest BCUT2D eigenvalue weighted by Crippen LogP contribution is -2.48. The zero-order valence-corrected chi connectivity index (χ0v) is 19.7. The van der Waals surface area contributed by atoms with Crippen molar-refractivity contribution < 1.29 is 18.0 Å². The van der Waals surface area contributed by atoms with E-state index in [2.05, 4.69) is 16.1 Å². The number of nitrogens with zero attached hydrogens (tertiary/aromatic N) is 3. The molecule has 178 valence electrons. The number of hydrogen-bond donors (Lipinski definition) is 0. The topological polar surface area (TPSA) is 36.4 Å².